The van der Waals surface area contributed by atoms with Crippen molar-refractivity contribution in [1.82, 2.24) is 0 Å². The minimum atomic E-state index is -0.545. The van der Waals surface area contributed by atoms with Crippen LogP contribution in [0.1, 0.15) is 47.2 Å². The van der Waals surface area contributed by atoms with Crippen molar-refractivity contribution in [1.29, 1.82) is 0 Å². The summed E-state index contributed by atoms with van der Waals surface area (Å²) >= 11 is 0. The van der Waals surface area contributed by atoms with Crippen LogP contribution in [0.4, 0.5) is 34.1 Å². The van der Waals surface area contributed by atoms with Gasteiger partial charge in [0, 0.05) is 104 Å². The van der Waals surface area contributed by atoms with Crippen LogP contribution in [0.2, 0.25) is 0 Å². The fourth-order valence-corrected chi connectivity index (χ4v) is 22.1. The van der Waals surface area contributed by atoms with Crippen LogP contribution in [-0.4, -0.2) is 0 Å². The van der Waals surface area contributed by atoms with Crippen molar-refractivity contribution in [3.63, 3.8) is 0 Å². The van der Waals surface area contributed by atoms with Crippen LogP contribution in [0.25, 0.3) is 196 Å². The molecule has 6 heteroatoms. The number of nitrogens with zero attached hydrogens (tertiary/aromatic N) is 2. The van der Waals surface area contributed by atoms with Crippen LogP contribution in [-0.2, 0) is 10.8 Å². The van der Waals surface area contributed by atoms with Gasteiger partial charge in [0.2, 0.25) is 0 Å². The number of hydrogen-bond acceptors (Lipinski definition) is 6. The SMILES string of the molecule is CC1(C)c2ccccc2-c2ccc(N(c3ccc4c(ccc5ccc6c7ccccc7oc6c54)c3)c3ccc4c(ccc5ccc6c7ccccc7oc6c54)c3)cc21.c1ccc(C2(c3ccccc3)c3ccccc3-c3ccc(N(c4ccc5c(ccc6ccc7c8ccccc8oc7c65)c4)c4ccc5c(ccc6ccc7c8ccccc8oc7c65)c4)cc32)cc1. The van der Waals surface area contributed by atoms with Gasteiger partial charge in [0.15, 0.2) is 0 Å². The molecule has 0 saturated carbocycles. The highest BCUT2D eigenvalue weighted by molar-refractivity contribution is 6.28. The van der Waals surface area contributed by atoms with Gasteiger partial charge in [0.05, 0.1) is 5.41 Å². The minimum Gasteiger partial charge on any atom is -0.455 e. The number of fused-ring (bicyclic) bond motifs is 34. The van der Waals surface area contributed by atoms with E-state index in [1.807, 2.05) is 24.3 Å². The molecule has 22 aromatic carbocycles. The van der Waals surface area contributed by atoms with Gasteiger partial charge in [-0.25, -0.2) is 0 Å². The Morgan fingerprint density at radius 3 is 0.802 bits per heavy atom. The summed E-state index contributed by atoms with van der Waals surface area (Å²) in [5.41, 5.74) is 26.1. The second kappa shape index (κ2) is 26.6. The number of rotatable bonds is 8. The van der Waals surface area contributed by atoms with Crippen LogP contribution < -0.4 is 9.80 Å². The van der Waals surface area contributed by atoms with E-state index in [2.05, 4.69) is 412 Å². The molecule has 0 unspecified atom stereocenters. The molecule has 126 heavy (non-hydrogen) atoms. The van der Waals surface area contributed by atoms with E-state index in [9.17, 15) is 0 Å². The number of para-hydroxylation sites is 4. The van der Waals surface area contributed by atoms with Crippen molar-refractivity contribution in [3.8, 4) is 22.3 Å². The zero-order valence-corrected chi connectivity index (χ0v) is 68.8. The van der Waals surface area contributed by atoms with E-state index in [-0.39, 0.29) is 5.41 Å². The van der Waals surface area contributed by atoms with Gasteiger partial charge in [-0.1, -0.05) is 305 Å². The van der Waals surface area contributed by atoms with Gasteiger partial charge in [0.1, 0.15) is 44.7 Å². The Balaban J connectivity index is 0.000000133. The minimum absolute atomic E-state index is 0.131. The van der Waals surface area contributed by atoms with Gasteiger partial charge in [-0.3, -0.25) is 0 Å². The molecule has 2 aliphatic rings. The first-order chi connectivity index (χ1) is 62.2. The van der Waals surface area contributed by atoms with E-state index in [4.69, 9.17) is 17.7 Å². The summed E-state index contributed by atoms with van der Waals surface area (Å²) in [7, 11) is 0. The molecule has 0 amide bonds. The normalized spacial score (nSPS) is 13.3. The summed E-state index contributed by atoms with van der Waals surface area (Å²) in [6.07, 6.45) is 0. The summed E-state index contributed by atoms with van der Waals surface area (Å²) in [5, 5.41) is 27.6. The summed E-state index contributed by atoms with van der Waals surface area (Å²) in [5.74, 6) is 0. The molecule has 4 heterocycles. The Hall–Kier alpha value is -16.3. The molecule has 0 saturated heterocycles. The first-order valence-electron chi connectivity index (χ1n) is 43.5. The van der Waals surface area contributed by atoms with Crippen molar-refractivity contribution >= 4 is 208 Å². The van der Waals surface area contributed by atoms with Crippen LogP contribution in [0.5, 0.6) is 0 Å². The quantitative estimate of drug-likeness (QED) is 0.141. The maximum atomic E-state index is 6.65. The topological polar surface area (TPSA) is 59.0 Å². The van der Waals surface area contributed by atoms with Crippen LogP contribution >= 0.6 is 0 Å². The van der Waals surface area contributed by atoms with Gasteiger partial charge < -0.3 is 27.5 Å². The van der Waals surface area contributed by atoms with E-state index in [0.717, 1.165) is 187 Å². The fourth-order valence-electron chi connectivity index (χ4n) is 22.1. The van der Waals surface area contributed by atoms with Crippen LogP contribution in [0.15, 0.2) is 430 Å². The van der Waals surface area contributed by atoms with Crippen molar-refractivity contribution < 1.29 is 17.7 Å². The number of hydrogen-bond donors (Lipinski definition) is 0. The molecule has 26 aromatic rings. The van der Waals surface area contributed by atoms with Crippen molar-refractivity contribution in [2.45, 2.75) is 24.7 Å². The van der Waals surface area contributed by atoms with Gasteiger partial charge in [-0.2, -0.15) is 0 Å². The molecule has 28 rings (SSSR count). The monoisotopic (exact) mass is 1610 g/mol. The maximum Gasteiger partial charge on any atom is 0.143 e. The summed E-state index contributed by atoms with van der Waals surface area (Å²) in [6, 6.07) is 151. The van der Waals surface area contributed by atoms with Gasteiger partial charge in [0.25, 0.3) is 0 Å². The molecule has 0 spiro atoms. The molecule has 0 radical (unpaired) electrons. The first-order valence-corrected chi connectivity index (χ1v) is 43.5. The van der Waals surface area contributed by atoms with E-state index in [0.29, 0.717) is 0 Å². The van der Waals surface area contributed by atoms with Crippen LogP contribution in [0.3, 0.4) is 0 Å². The number of furan rings is 4. The third kappa shape index (κ3) is 10.1. The third-order valence-electron chi connectivity index (χ3n) is 27.9. The molecule has 588 valence electrons. The lowest BCUT2D eigenvalue weighted by atomic mass is 9.67. The highest BCUT2D eigenvalue weighted by Crippen LogP contribution is 2.59. The highest BCUT2D eigenvalue weighted by Gasteiger charge is 2.47. The Kier molecular flexibility index (Phi) is 14.9. The fraction of sp³-hybridized carbons (Fsp3) is 0.0333. The molecular weight excluding hydrogens is 1530 g/mol. The first kappa shape index (κ1) is 70.4. The zero-order valence-electron chi connectivity index (χ0n) is 68.8. The number of benzene rings is 22. The second-order valence-electron chi connectivity index (χ2n) is 34.8. The molecule has 0 aliphatic heterocycles. The molecule has 0 bridgehead atoms. The smallest absolute Gasteiger partial charge is 0.143 e. The van der Waals surface area contributed by atoms with Crippen LogP contribution in [0, 0.1) is 0 Å². The molecule has 0 fully saturated rings. The van der Waals surface area contributed by atoms with E-state index in [1.54, 1.807) is 0 Å². The van der Waals surface area contributed by atoms with E-state index < -0.39 is 5.41 Å². The van der Waals surface area contributed by atoms with E-state index in [1.165, 1.54) is 77.2 Å². The Bertz CT molecular complexity index is 8750. The Morgan fingerprint density at radius 2 is 0.437 bits per heavy atom. The third-order valence-corrected chi connectivity index (χ3v) is 27.9. The van der Waals surface area contributed by atoms with Crippen molar-refractivity contribution in [2.24, 2.45) is 0 Å². The largest absolute Gasteiger partial charge is 0.455 e. The summed E-state index contributed by atoms with van der Waals surface area (Å²) < 4.78 is 26.5. The lowest BCUT2D eigenvalue weighted by molar-refractivity contribution is 0.660. The Morgan fingerprint density at radius 1 is 0.183 bits per heavy atom. The summed E-state index contributed by atoms with van der Waals surface area (Å²) in [6.45, 7) is 4.71. The molecule has 0 atom stereocenters. The van der Waals surface area contributed by atoms with Gasteiger partial charge in [-0.05, 0) is 242 Å². The summed E-state index contributed by atoms with van der Waals surface area (Å²) in [4.78, 5) is 4.87. The average molecular weight is 1610 g/mol. The van der Waals surface area contributed by atoms with E-state index >= 15 is 0 Å². The maximum absolute atomic E-state index is 6.65. The molecule has 0 N–H and O–H groups in total. The average Bonchev–Trinajstić information content (AvgIpc) is 1.53. The Labute approximate surface area is 723 Å². The lowest BCUT2D eigenvalue weighted by Crippen LogP contribution is -2.28. The van der Waals surface area contributed by atoms with Crippen molar-refractivity contribution in [3.05, 3.63) is 446 Å². The van der Waals surface area contributed by atoms with Crippen molar-refractivity contribution in [2.75, 3.05) is 9.80 Å². The molecule has 2 aliphatic carbocycles. The highest BCUT2D eigenvalue weighted by atomic mass is 16.3. The predicted molar refractivity (Wildman–Crippen MR) is 526 cm³/mol. The molecule has 6 nitrogen and oxygen atoms in total. The predicted octanol–water partition coefficient (Wildman–Crippen LogP) is 33.8. The second-order valence-corrected chi connectivity index (χ2v) is 34.8. The standard InChI is InChI=1S/C65H39NO2.C55H35NO2/c1-3-13-44(14-4-1)65(45-15-5-2-6-16-45)57-20-10-7-17-51(57)52-36-31-48(39-58(52)65)66(46-29-34-49-42(37-46)25-23-40-27-32-55-53-18-8-11-21-59(53)67-63(55)61(40)49)47-30-35-50-43(38-47)26-24-41-28-33-56-54-19-9-12-22-60(54)68-64(56)62(41)50;1-55(2)47-12-6-3-9-41(47)42-28-23-38(31-48(42)55)56(36-21-26-39-34(29-36)17-15-32-19-24-45-43-10-4-7-13-49(43)57-53(45)51(32)39)37-22-27-40-35(30-37)18-16-33-20-25-46-44-11-5-8-14-50(44)58-54(46)52(33)40/h1-39H;3-31H,1-2H3. The zero-order chi connectivity index (χ0) is 82.8. The van der Waals surface area contributed by atoms with Gasteiger partial charge in [-0.15, -0.1) is 0 Å². The molecule has 4 aromatic heterocycles. The van der Waals surface area contributed by atoms with Gasteiger partial charge >= 0.3 is 0 Å². The number of anilines is 6. The molecular formula is C120H74N2O4. The lowest BCUT2D eigenvalue weighted by Gasteiger charge is -2.35.